The molecule has 19 heavy (non-hydrogen) atoms. The van der Waals surface area contributed by atoms with E-state index in [0.29, 0.717) is 6.04 Å². The van der Waals surface area contributed by atoms with Gasteiger partial charge in [0.25, 0.3) is 0 Å². The van der Waals surface area contributed by atoms with Gasteiger partial charge in [-0.15, -0.1) is 0 Å². The lowest BCUT2D eigenvalue weighted by Crippen LogP contribution is -2.25. The Bertz CT molecular complexity index is 379. The molecule has 0 saturated carbocycles. The lowest BCUT2D eigenvalue weighted by Gasteiger charge is -2.16. The summed E-state index contributed by atoms with van der Waals surface area (Å²) >= 11 is 6.10. The third-order valence-corrected chi connectivity index (χ3v) is 3.44. The zero-order valence-electron chi connectivity index (χ0n) is 12.5. The summed E-state index contributed by atoms with van der Waals surface area (Å²) in [5, 5.41) is 4.24. The number of ether oxygens (including phenoxy) is 1. The zero-order valence-corrected chi connectivity index (χ0v) is 13.3. The summed E-state index contributed by atoms with van der Waals surface area (Å²) in [6.45, 7) is 9.60. The van der Waals surface area contributed by atoms with E-state index in [0.717, 1.165) is 42.1 Å². The van der Waals surface area contributed by atoms with Crippen molar-refractivity contribution < 1.29 is 4.74 Å². The number of hydrogen-bond acceptors (Lipinski definition) is 2. The van der Waals surface area contributed by atoms with Crippen molar-refractivity contribution in [3.63, 3.8) is 0 Å². The van der Waals surface area contributed by atoms with E-state index in [1.165, 1.54) is 0 Å². The maximum atomic E-state index is 6.10. The van der Waals surface area contributed by atoms with Crippen molar-refractivity contribution >= 4 is 11.6 Å². The molecule has 0 aliphatic carbocycles. The molecule has 3 heteroatoms. The SMILES string of the molecule is CCc1cc(OC(C)CCCNC(C)C)ccc1Cl. The van der Waals surface area contributed by atoms with Gasteiger partial charge in [-0.2, -0.15) is 0 Å². The summed E-state index contributed by atoms with van der Waals surface area (Å²) < 4.78 is 5.93. The van der Waals surface area contributed by atoms with Crippen LogP contribution < -0.4 is 10.1 Å². The highest BCUT2D eigenvalue weighted by Crippen LogP contribution is 2.23. The minimum atomic E-state index is 0.236. The van der Waals surface area contributed by atoms with Crippen molar-refractivity contribution in [2.45, 2.75) is 59.1 Å². The number of hydrogen-bond donors (Lipinski definition) is 1. The van der Waals surface area contributed by atoms with Gasteiger partial charge < -0.3 is 10.1 Å². The molecule has 0 aliphatic heterocycles. The van der Waals surface area contributed by atoms with Gasteiger partial charge in [0.2, 0.25) is 0 Å². The highest BCUT2D eigenvalue weighted by molar-refractivity contribution is 6.31. The third kappa shape index (κ3) is 6.31. The van der Waals surface area contributed by atoms with Gasteiger partial charge in [0.1, 0.15) is 5.75 Å². The van der Waals surface area contributed by atoms with Gasteiger partial charge in [-0.25, -0.2) is 0 Å². The van der Waals surface area contributed by atoms with Gasteiger partial charge in [-0.1, -0.05) is 32.4 Å². The van der Waals surface area contributed by atoms with Gasteiger partial charge in [-0.05, 0) is 56.5 Å². The summed E-state index contributed by atoms with van der Waals surface area (Å²) in [6, 6.07) is 6.47. The summed E-state index contributed by atoms with van der Waals surface area (Å²) in [5.74, 6) is 0.922. The Kier molecular flexibility index (Phi) is 7.25. The number of benzene rings is 1. The van der Waals surface area contributed by atoms with E-state index < -0.39 is 0 Å². The van der Waals surface area contributed by atoms with E-state index >= 15 is 0 Å². The van der Waals surface area contributed by atoms with Gasteiger partial charge in [0.15, 0.2) is 0 Å². The Labute approximate surface area is 122 Å². The Morgan fingerprint density at radius 3 is 2.63 bits per heavy atom. The Morgan fingerprint density at radius 1 is 1.26 bits per heavy atom. The largest absolute Gasteiger partial charge is 0.491 e. The van der Waals surface area contributed by atoms with Crippen LogP contribution in [0.4, 0.5) is 0 Å². The smallest absolute Gasteiger partial charge is 0.120 e. The van der Waals surface area contributed by atoms with Crippen LogP contribution in [0.1, 0.15) is 46.1 Å². The highest BCUT2D eigenvalue weighted by Gasteiger charge is 2.06. The fourth-order valence-electron chi connectivity index (χ4n) is 1.97. The fourth-order valence-corrected chi connectivity index (χ4v) is 2.22. The van der Waals surface area contributed by atoms with Crippen molar-refractivity contribution in [2.75, 3.05) is 6.54 Å². The highest BCUT2D eigenvalue weighted by atomic mass is 35.5. The first-order valence-corrected chi connectivity index (χ1v) is 7.59. The molecule has 0 saturated heterocycles. The fraction of sp³-hybridized carbons (Fsp3) is 0.625. The molecule has 1 rings (SSSR count). The van der Waals surface area contributed by atoms with Crippen LogP contribution in [-0.2, 0) is 6.42 Å². The van der Waals surface area contributed by atoms with Crippen LogP contribution in [0.25, 0.3) is 0 Å². The van der Waals surface area contributed by atoms with Crippen molar-refractivity contribution in [2.24, 2.45) is 0 Å². The second kappa shape index (κ2) is 8.44. The molecule has 0 bridgehead atoms. The molecule has 0 fully saturated rings. The first kappa shape index (κ1) is 16.3. The van der Waals surface area contributed by atoms with Gasteiger partial charge >= 0.3 is 0 Å². The standard InChI is InChI=1S/C16H26ClNO/c1-5-14-11-15(8-9-16(14)17)19-13(4)7-6-10-18-12(2)3/h8-9,11-13,18H,5-7,10H2,1-4H3. The molecule has 0 aliphatic rings. The lowest BCUT2D eigenvalue weighted by molar-refractivity contribution is 0.207. The molecule has 1 N–H and O–H groups in total. The molecule has 1 unspecified atom stereocenters. The predicted octanol–water partition coefficient (Wildman–Crippen LogP) is 4.45. The normalized spacial score (nSPS) is 12.7. The van der Waals surface area contributed by atoms with Crippen LogP contribution in [0.2, 0.25) is 5.02 Å². The molecular weight excluding hydrogens is 258 g/mol. The molecule has 2 nitrogen and oxygen atoms in total. The van der Waals surface area contributed by atoms with Gasteiger partial charge in [0, 0.05) is 11.1 Å². The Balaban J connectivity index is 2.37. The average molecular weight is 284 g/mol. The molecule has 0 spiro atoms. The van der Waals surface area contributed by atoms with Crippen molar-refractivity contribution in [3.05, 3.63) is 28.8 Å². The van der Waals surface area contributed by atoms with E-state index in [-0.39, 0.29) is 6.10 Å². The van der Waals surface area contributed by atoms with Crippen molar-refractivity contribution in [3.8, 4) is 5.75 Å². The van der Waals surface area contributed by atoms with Crippen LogP contribution in [0, 0.1) is 0 Å². The molecular formula is C16H26ClNO. The summed E-state index contributed by atoms with van der Waals surface area (Å²) in [7, 11) is 0. The van der Waals surface area contributed by atoms with Crippen LogP contribution >= 0.6 is 11.6 Å². The average Bonchev–Trinajstić information content (AvgIpc) is 2.37. The van der Waals surface area contributed by atoms with E-state index in [2.05, 4.69) is 33.0 Å². The molecule has 108 valence electrons. The van der Waals surface area contributed by atoms with E-state index in [1.807, 2.05) is 18.2 Å². The predicted molar refractivity (Wildman–Crippen MR) is 83.3 cm³/mol. The Morgan fingerprint density at radius 2 is 2.00 bits per heavy atom. The number of aryl methyl sites for hydroxylation is 1. The summed E-state index contributed by atoms with van der Waals surface area (Å²) in [6.07, 6.45) is 3.36. The van der Waals surface area contributed by atoms with E-state index in [1.54, 1.807) is 0 Å². The molecule has 0 heterocycles. The maximum absolute atomic E-state index is 6.10. The van der Waals surface area contributed by atoms with Crippen molar-refractivity contribution in [1.82, 2.24) is 5.32 Å². The van der Waals surface area contributed by atoms with Crippen LogP contribution in [0.15, 0.2) is 18.2 Å². The van der Waals surface area contributed by atoms with Crippen LogP contribution in [0.3, 0.4) is 0 Å². The van der Waals surface area contributed by atoms with Gasteiger partial charge in [0.05, 0.1) is 6.10 Å². The second-order valence-electron chi connectivity index (χ2n) is 5.29. The molecule has 1 atom stereocenters. The van der Waals surface area contributed by atoms with E-state index in [4.69, 9.17) is 16.3 Å². The van der Waals surface area contributed by atoms with Crippen molar-refractivity contribution in [1.29, 1.82) is 0 Å². The van der Waals surface area contributed by atoms with Gasteiger partial charge in [-0.3, -0.25) is 0 Å². The molecule has 1 aromatic carbocycles. The minimum Gasteiger partial charge on any atom is -0.491 e. The maximum Gasteiger partial charge on any atom is 0.120 e. The number of nitrogens with one attached hydrogen (secondary N) is 1. The van der Waals surface area contributed by atoms with Crippen LogP contribution in [0.5, 0.6) is 5.75 Å². The van der Waals surface area contributed by atoms with Crippen LogP contribution in [-0.4, -0.2) is 18.7 Å². The molecule has 0 amide bonds. The zero-order chi connectivity index (χ0) is 14.3. The summed E-state index contributed by atoms with van der Waals surface area (Å²) in [5.41, 5.74) is 1.15. The molecule has 1 aromatic rings. The quantitative estimate of drug-likeness (QED) is 0.712. The third-order valence-electron chi connectivity index (χ3n) is 3.08. The lowest BCUT2D eigenvalue weighted by atomic mass is 10.1. The minimum absolute atomic E-state index is 0.236. The van der Waals surface area contributed by atoms with E-state index in [9.17, 15) is 0 Å². The topological polar surface area (TPSA) is 21.3 Å². The first-order chi connectivity index (χ1) is 9.02. The second-order valence-corrected chi connectivity index (χ2v) is 5.69. The summed E-state index contributed by atoms with van der Waals surface area (Å²) in [4.78, 5) is 0. The first-order valence-electron chi connectivity index (χ1n) is 7.21. The molecule has 0 radical (unpaired) electrons. The Hall–Kier alpha value is -0.730. The monoisotopic (exact) mass is 283 g/mol. The number of rotatable bonds is 8. The molecule has 0 aromatic heterocycles. The number of halogens is 1.